The number of hydrogen-bond acceptors (Lipinski definition) is 5. The number of sulfonamides is 1. The standard InChI is InChI=1S/C27H30FN3O5S/c1-19-5-7-21(8-6-19)17-30(20(2)27(33)29-3)26(32)18-31(23-11-9-22(28)10-12-23)37(34,35)25-15-13-24(36-4)14-16-25/h5-16,20H,17-18H2,1-4H3,(H,29,33)/t20-/m1/s1. The van der Waals surface area contributed by atoms with Gasteiger partial charge in [-0.05, 0) is 67.9 Å². The van der Waals surface area contributed by atoms with E-state index in [-0.39, 0.29) is 17.1 Å². The Kier molecular flexibility index (Phi) is 8.88. The van der Waals surface area contributed by atoms with Crippen LogP contribution in [-0.4, -0.2) is 51.9 Å². The van der Waals surface area contributed by atoms with E-state index in [4.69, 9.17) is 4.74 Å². The molecule has 0 aliphatic rings. The van der Waals surface area contributed by atoms with Crippen molar-refractivity contribution in [1.82, 2.24) is 10.2 Å². The third-order valence-electron chi connectivity index (χ3n) is 5.93. The molecule has 3 aromatic rings. The van der Waals surface area contributed by atoms with Gasteiger partial charge in [-0.15, -0.1) is 0 Å². The third-order valence-corrected chi connectivity index (χ3v) is 7.72. The van der Waals surface area contributed by atoms with Crippen LogP contribution in [0.3, 0.4) is 0 Å². The van der Waals surface area contributed by atoms with Crippen molar-refractivity contribution in [3.05, 3.63) is 89.7 Å². The first kappa shape index (κ1) is 27.7. The number of rotatable bonds is 10. The highest BCUT2D eigenvalue weighted by atomic mass is 32.2. The molecule has 1 N–H and O–H groups in total. The van der Waals surface area contributed by atoms with Crippen LogP contribution in [0.4, 0.5) is 10.1 Å². The Labute approximate surface area is 216 Å². The van der Waals surface area contributed by atoms with E-state index in [0.29, 0.717) is 5.75 Å². The van der Waals surface area contributed by atoms with Gasteiger partial charge in [0, 0.05) is 13.6 Å². The fourth-order valence-corrected chi connectivity index (χ4v) is 5.11. The molecule has 0 unspecified atom stereocenters. The molecule has 2 amide bonds. The van der Waals surface area contributed by atoms with Gasteiger partial charge in [0.2, 0.25) is 11.8 Å². The number of nitrogens with one attached hydrogen (secondary N) is 1. The minimum absolute atomic E-state index is 0.0742. The fraction of sp³-hybridized carbons (Fsp3) is 0.259. The lowest BCUT2D eigenvalue weighted by molar-refractivity contribution is -0.139. The molecule has 0 fully saturated rings. The van der Waals surface area contributed by atoms with Crippen LogP contribution in [0, 0.1) is 12.7 Å². The Hall–Kier alpha value is -3.92. The van der Waals surface area contributed by atoms with Gasteiger partial charge in [-0.2, -0.15) is 0 Å². The molecule has 1 atom stereocenters. The maximum Gasteiger partial charge on any atom is 0.264 e. The topological polar surface area (TPSA) is 96.0 Å². The number of anilines is 1. The molecule has 3 aromatic carbocycles. The van der Waals surface area contributed by atoms with Gasteiger partial charge < -0.3 is 15.0 Å². The molecule has 37 heavy (non-hydrogen) atoms. The summed E-state index contributed by atoms with van der Waals surface area (Å²) in [7, 11) is -1.32. The summed E-state index contributed by atoms with van der Waals surface area (Å²) in [5.41, 5.74) is 1.92. The van der Waals surface area contributed by atoms with Crippen LogP contribution in [0.25, 0.3) is 0 Å². The average molecular weight is 528 g/mol. The van der Waals surface area contributed by atoms with Crippen molar-refractivity contribution in [3.8, 4) is 5.75 Å². The van der Waals surface area contributed by atoms with Gasteiger partial charge in [-0.25, -0.2) is 12.8 Å². The maximum atomic E-state index is 13.7. The van der Waals surface area contributed by atoms with E-state index in [0.717, 1.165) is 27.6 Å². The van der Waals surface area contributed by atoms with Crippen molar-refractivity contribution in [2.24, 2.45) is 0 Å². The van der Waals surface area contributed by atoms with Crippen LogP contribution in [0.5, 0.6) is 5.75 Å². The van der Waals surface area contributed by atoms with Crippen LogP contribution in [0.2, 0.25) is 0 Å². The van der Waals surface area contributed by atoms with Gasteiger partial charge in [-0.1, -0.05) is 29.8 Å². The van der Waals surface area contributed by atoms with Gasteiger partial charge in [0.05, 0.1) is 17.7 Å². The maximum absolute atomic E-state index is 13.7. The Bertz CT molecular complexity index is 1330. The van der Waals surface area contributed by atoms with Crippen molar-refractivity contribution in [1.29, 1.82) is 0 Å². The number of carbonyl (C=O) groups is 2. The van der Waals surface area contributed by atoms with E-state index in [2.05, 4.69) is 5.32 Å². The summed E-state index contributed by atoms with van der Waals surface area (Å²) in [6.07, 6.45) is 0. The smallest absolute Gasteiger partial charge is 0.264 e. The molecular weight excluding hydrogens is 497 g/mol. The van der Waals surface area contributed by atoms with Gasteiger partial charge >= 0.3 is 0 Å². The number of aryl methyl sites for hydroxylation is 1. The van der Waals surface area contributed by atoms with E-state index in [1.165, 1.54) is 55.5 Å². The first-order chi connectivity index (χ1) is 17.6. The summed E-state index contributed by atoms with van der Waals surface area (Å²) in [6.45, 7) is 3.00. The van der Waals surface area contributed by atoms with Crippen LogP contribution in [0.15, 0.2) is 77.7 Å². The molecule has 8 nitrogen and oxygen atoms in total. The number of methoxy groups -OCH3 is 1. The molecule has 0 heterocycles. The molecule has 0 saturated carbocycles. The highest BCUT2D eigenvalue weighted by molar-refractivity contribution is 7.92. The first-order valence-electron chi connectivity index (χ1n) is 11.6. The summed E-state index contributed by atoms with van der Waals surface area (Å²) in [4.78, 5) is 27.4. The Morgan fingerprint density at radius 1 is 0.973 bits per heavy atom. The second kappa shape index (κ2) is 11.9. The summed E-state index contributed by atoms with van der Waals surface area (Å²) in [5, 5.41) is 2.53. The number of amides is 2. The third kappa shape index (κ3) is 6.65. The zero-order valence-corrected chi connectivity index (χ0v) is 22.0. The van der Waals surface area contributed by atoms with Gasteiger partial charge in [0.15, 0.2) is 0 Å². The predicted molar refractivity (Wildman–Crippen MR) is 139 cm³/mol. The van der Waals surface area contributed by atoms with Crippen molar-refractivity contribution in [2.45, 2.75) is 31.3 Å². The SMILES string of the molecule is CNC(=O)[C@@H](C)N(Cc1ccc(C)cc1)C(=O)CN(c1ccc(F)cc1)S(=O)(=O)c1ccc(OC)cc1. The average Bonchev–Trinajstić information content (AvgIpc) is 2.91. The number of carbonyl (C=O) groups excluding carboxylic acids is 2. The van der Waals surface area contributed by atoms with E-state index < -0.39 is 40.2 Å². The first-order valence-corrected chi connectivity index (χ1v) is 13.0. The normalized spacial score (nSPS) is 11.9. The summed E-state index contributed by atoms with van der Waals surface area (Å²) in [6, 6.07) is 17.1. The van der Waals surface area contributed by atoms with Crippen LogP contribution < -0.4 is 14.4 Å². The van der Waals surface area contributed by atoms with E-state index in [1.807, 2.05) is 31.2 Å². The van der Waals surface area contributed by atoms with Crippen molar-refractivity contribution in [3.63, 3.8) is 0 Å². The predicted octanol–water partition coefficient (Wildman–Crippen LogP) is 3.50. The number of ether oxygens (including phenoxy) is 1. The van der Waals surface area contributed by atoms with E-state index in [9.17, 15) is 22.4 Å². The number of likely N-dealkylation sites (N-methyl/N-ethyl adjacent to an activating group) is 1. The monoisotopic (exact) mass is 527 g/mol. The highest BCUT2D eigenvalue weighted by Crippen LogP contribution is 2.26. The lowest BCUT2D eigenvalue weighted by atomic mass is 10.1. The Balaban J connectivity index is 2.01. The molecule has 0 spiro atoms. The Morgan fingerprint density at radius 2 is 1.57 bits per heavy atom. The molecule has 3 rings (SSSR count). The van der Waals surface area contributed by atoms with E-state index in [1.54, 1.807) is 6.92 Å². The molecule has 0 aromatic heterocycles. The zero-order valence-electron chi connectivity index (χ0n) is 21.1. The largest absolute Gasteiger partial charge is 0.497 e. The van der Waals surface area contributed by atoms with Gasteiger partial charge in [-0.3, -0.25) is 13.9 Å². The highest BCUT2D eigenvalue weighted by Gasteiger charge is 2.32. The van der Waals surface area contributed by atoms with Gasteiger partial charge in [0.1, 0.15) is 24.2 Å². The molecule has 10 heteroatoms. The van der Waals surface area contributed by atoms with Crippen molar-refractivity contribution >= 4 is 27.5 Å². The molecule has 196 valence electrons. The minimum Gasteiger partial charge on any atom is -0.497 e. The van der Waals surface area contributed by atoms with Gasteiger partial charge in [0.25, 0.3) is 10.0 Å². The lowest BCUT2D eigenvalue weighted by Crippen LogP contribution is -2.50. The van der Waals surface area contributed by atoms with Crippen molar-refractivity contribution < 1.29 is 27.1 Å². The molecule has 0 aliphatic carbocycles. The quantitative estimate of drug-likeness (QED) is 0.436. The van der Waals surface area contributed by atoms with Crippen LogP contribution in [-0.2, 0) is 26.2 Å². The van der Waals surface area contributed by atoms with E-state index >= 15 is 0 Å². The second-order valence-corrected chi connectivity index (χ2v) is 10.3. The molecule has 0 saturated heterocycles. The minimum atomic E-state index is -4.24. The Morgan fingerprint density at radius 3 is 2.11 bits per heavy atom. The summed E-state index contributed by atoms with van der Waals surface area (Å²) in [5.74, 6) is -1.08. The fourth-order valence-electron chi connectivity index (χ4n) is 3.69. The van der Waals surface area contributed by atoms with Crippen LogP contribution in [0.1, 0.15) is 18.1 Å². The lowest BCUT2D eigenvalue weighted by Gasteiger charge is -2.31. The second-order valence-electron chi connectivity index (χ2n) is 8.46. The number of hydrogen-bond donors (Lipinski definition) is 1. The van der Waals surface area contributed by atoms with Crippen LogP contribution >= 0.6 is 0 Å². The number of halogens is 1. The number of benzene rings is 3. The van der Waals surface area contributed by atoms with Crippen molar-refractivity contribution in [2.75, 3.05) is 25.0 Å². The molecule has 0 radical (unpaired) electrons. The molecule has 0 aliphatic heterocycles. The molecular formula is C27H30FN3O5S. The zero-order chi connectivity index (χ0) is 27.2. The summed E-state index contributed by atoms with van der Waals surface area (Å²) < 4.78 is 47.0. The number of nitrogens with zero attached hydrogens (tertiary/aromatic N) is 2. The molecule has 0 bridgehead atoms. The summed E-state index contributed by atoms with van der Waals surface area (Å²) >= 11 is 0.